The van der Waals surface area contributed by atoms with Crippen molar-refractivity contribution in [1.29, 1.82) is 0 Å². The maximum Gasteiger partial charge on any atom is 0.407 e. The number of hydrogen-bond acceptors (Lipinski definition) is 6. The first-order valence-corrected chi connectivity index (χ1v) is 12.2. The molecule has 8 nitrogen and oxygen atoms in total. The number of hydrogen-bond donors (Lipinski definition) is 4. The Morgan fingerprint density at radius 2 is 1.11 bits per heavy atom. The molecule has 0 fully saturated rings. The third-order valence-electron chi connectivity index (χ3n) is 5.27. The van der Waals surface area contributed by atoms with Crippen LogP contribution < -0.4 is 16.4 Å². The van der Waals surface area contributed by atoms with Crippen LogP contribution in [0.3, 0.4) is 0 Å². The molecule has 0 bridgehead atoms. The second kappa shape index (κ2) is 12.7. The van der Waals surface area contributed by atoms with Crippen molar-refractivity contribution in [3.63, 3.8) is 0 Å². The Labute approximate surface area is 214 Å². The summed E-state index contributed by atoms with van der Waals surface area (Å²) in [5, 5.41) is 17.0. The predicted octanol–water partition coefficient (Wildman–Crippen LogP) is 3.95. The zero-order chi connectivity index (χ0) is 26.9. The summed E-state index contributed by atoms with van der Waals surface area (Å²) in [5.74, 6) is 0. The standard InChI is InChI=1S/C28H41N3O5/c1-27(2,3)35-25(33)30-21(17-19-13-9-7-10-14-19)23(29)24(32)22(18-20-15-11-8-12-16-20)31-26(34)36-28(4,5)6/h7-16,21-24,32H,17-18,29H2,1-6H3,(H,30,33)(H,31,34). The molecule has 4 atom stereocenters. The van der Waals surface area contributed by atoms with E-state index in [1.54, 1.807) is 41.5 Å². The lowest BCUT2D eigenvalue weighted by atomic mass is 9.90. The monoisotopic (exact) mass is 499 g/mol. The molecule has 0 aliphatic heterocycles. The Bertz CT molecular complexity index is 875. The lowest BCUT2D eigenvalue weighted by Crippen LogP contribution is -2.61. The predicted molar refractivity (Wildman–Crippen MR) is 141 cm³/mol. The Kier molecular flexibility index (Phi) is 10.3. The van der Waals surface area contributed by atoms with Gasteiger partial charge < -0.3 is 30.9 Å². The van der Waals surface area contributed by atoms with Crippen LogP contribution in [-0.4, -0.2) is 52.7 Å². The van der Waals surface area contributed by atoms with Gasteiger partial charge in [-0.25, -0.2) is 9.59 Å². The molecule has 0 saturated carbocycles. The van der Waals surface area contributed by atoms with Crippen LogP contribution in [0.4, 0.5) is 9.59 Å². The van der Waals surface area contributed by atoms with Crippen molar-refractivity contribution >= 4 is 12.2 Å². The van der Waals surface area contributed by atoms with E-state index in [9.17, 15) is 14.7 Å². The molecule has 0 aromatic heterocycles. The average Bonchev–Trinajstić information content (AvgIpc) is 2.76. The molecule has 8 heteroatoms. The fourth-order valence-electron chi connectivity index (χ4n) is 3.70. The first kappa shape index (κ1) is 29.1. The highest BCUT2D eigenvalue weighted by molar-refractivity contribution is 5.69. The Morgan fingerprint density at radius 3 is 1.50 bits per heavy atom. The molecule has 0 spiro atoms. The molecule has 2 aromatic rings. The SMILES string of the molecule is CC(C)(C)OC(=O)NC(Cc1ccccc1)C(N)C(O)C(Cc1ccccc1)NC(=O)OC(C)(C)C. The zero-order valence-electron chi connectivity index (χ0n) is 22.2. The van der Waals surface area contributed by atoms with Crippen LogP contribution in [0, 0.1) is 0 Å². The van der Waals surface area contributed by atoms with Gasteiger partial charge in [-0.1, -0.05) is 60.7 Å². The summed E-state index contributed by atoms with van der Waals surface area (Å²) < 4.78 is 10.9. The summed E-state index contributed by atoms with van der Waals surface area (Å²) in [7, 11) is 0. The topological polar surface area (TPSA) is 123 Å². The first-order valence-electron chi connectivity index (χ1n) is 12.2. The highest BCUT2D eigenvalue weighted by Gasteiger charge is 2.35. The normalized spacial score (nSPS) is 15.2. The van der Waals surface area contributed by atoms with Crippen LogP contribution in [0.25, 0.3) is 0 Å². The minimum Gasteiger partial charge on any atom is -0.444 e. The zero-order valence-corrected chi connectivity index (χ0v) is 22.2. The molecule has 0 radical (unpaired) electrons. The summed E-state index contributed by atoms with van der Waals surface area (Å²) in [5.41, 5.74) is 7.00. The van der Waals surface area contributed by atoms with Crippen LogP contribution in [0.15, 0.2) is 60.7 Å². The molecule has 2 aromatic carbocycles. The smallest absolute Gasteiger partial charge is 0.407 e. The Hall–Kier alpha value is -3.10. The van der Waals surface area contributed by atoms with Crippen molar-refractivity contribution in [2.24, 2.45) is 5.73 Å². The maximum atomic E-state index is 12.6. The molecule has 198 valence electrons. The van der Waals surface area contributed by atoms with Crippen LogP contribution in [0.1, 0.15) is 52.7 Å². The van der Waals surface area contributed by atoms with Gasteiger partial charge in [0.25, 0.3) is 0 Å². The van der Waals surface area contributed by atoms with E-state index >= 15 is 0 Å². The van der Waals surface area contributed by atoms with E-state index in [1.165, 1.54) is 0 Å². The van der Waals surface area contributed by atoms with E-state index in [0.29, 0.717) is 12.8 Å². The number of aliphatic hydroxyl groups excluding tert-OH is 1. The highest BCUT2D eigenvalue weighted by atomic mass is 16.6. The molecular weight excluding hydrogens is 458 g/mol. The molecule has 0 aliphatic rings. The van der Waals surface area contributed by atoms with E-state index < -0.39 is 47.6 Å². The quantitative estimate of drug-likeness (QED) is 0.414. The van der Waals surface area contributed by atoms with Crippen LogP contribution in [0.2, 0.25) is 0 Å². The number of ether oxygens (including phenoxy) is 2. The molecule has 0 saturated heterocycles. The van der Waals surface area contributed by atoms with Crippen LogP contribution >= 0.6 is 0 Å². The van der Waals surface area contributed by atoms with Gasteiger partial charge >= 0.3 is 12.2 Å². The van der Waals surface area contributed by atoms with Gasteiger partial charge in [0.2, 0.25) is 0 Å². The van der Waals surface area contributed by atoms with Crippen molar-refractivity contribution in [1.82, 2.24) is 10.6 Å². The third kappa shape index (κ3) is 10.7. The summed E-state index contributed by atoms with van der Waals surface area (Å²) >= 11 is 0. The highest BCUT2D eigenvalue weighted by Crippen LogP contribution is 2.16. The Morgan fingerprint density at radius 1 is 0.750 bits per heavy atom. The number of alkyl carbamates (subject to hydrolysis) is 2. The van der Waals surface area contributed by atoms with E-state index in [1.807, 2.05) is 60.7 Å². The van der Waals surface area contributed by atoms with Gasteiger partial charge in [-0.2, -0.15) is 0 Å². The van der Waals surface area contributed by atoms with E-state index in [4.69, 9.17) is 15.2 Å². The van der Waals surface area contributed by atoms with E-state index in [2.05, 4.69) is 10.6 Å². The van der Waals surface area contributed by atoms with E-state index in [0.717, 1.165) is 11.1 Å². The number of aliphatic hydroxyl groups is 1. The number of carbonyl (C=O) groups is 2. The van der Waals surface area contributed by atoms with Crippen LogP contribution in [-0.2, 0) is 22.3 Å². The third-order valence-corrected chi connectivity index (χ3v) is 5.27. The second-order valence-corrected chi connectivity index (χ2v) is 11.0. The minimum atomic E-state index is -1.21. The van der Waals surface area contributed by atoms with Gasteiger partial charge in [-0.05, 0) is 65.5 Å². The largest absolute Gasteiger partial charge is 0.444 e. The van der Waals surface area contributed by atoms with Gasteiger partial charge in [0, 0.05) is 0 Å². The number of amides is 2. The molecule has 0 heterocycles. The van der Waals surface area contributed by atoms with Gasteiger partial charge in [-0.3, -0.25) is 0 Å². The van der Waals surface area contributed by atoms with Gasteiger partial charge in [0.15, 0.2) is 0 Å². The number of nitrogens with one attached hydrogen (secondary N) is 2. The number of benzene rings is 2. The van der Waals surface area contributed by atoms with Gasteiger partial charge in [0.1, 0.15) is 11.2 Å². The fourth-order valence-corrected chi connectivity index (χ4v) is 3.70. The van der Waals surface area contributed by atoms with E-state index in [-0.39, 0.29) is 0 Å². The van der Waals surface area contributed by atoms with Crippen molar-refractivity contribution in [3.05, 3.63) is 71.8 Å². The van der Waals surface area contributed by atoms with Crippen molar-refractivity contribution in [3.8, 4) is 0 Å². The molecule has 5 N–H and O–H groups in total. The summed E-state index contributed by atoms with van der Waals surface area (Å²) in [6.07, 6.45) is -1.82. The summed E-state index contributed by atoms with van der Waals surface area (Å²) in [6.45, 7) is 10.6. The molecule has 2 amide bonds. The molecule has 36 heavy (non-hydrogen) atoms. The maximum absolute atomic E-state index is 12.6. The first-order chi connectivity index (χ1) is 16.7. The van der Waals surface area contributed by atoms with Crippen LogP contribution in [0.5, 0.6) is 0 Å². The average molecular weight is 500 g/mol. The minimum absolute atomic E-state index is 0.319. The number of nitrogens with two attached hydrogens (primary N) is 1. The molecule has 0 aliphatic carbocycles. The summed E-state index contributed by atoms with van der Waals surface area (Å²) in [4.78, 5) is 25.2. The lowest BCUT2D eigenvalue weighted by Gasteiger charge is -2.34. The van der Waals surface area contributed by atoms with Crippen molar-refractivity contribution in [2.45, 2.75) is 89.8 Å². The summed E-state index contributed by atoms with van der Waals surface area (Å²) in [6, 6.07) is 16.6. The van der Waals surface area contributed by atoms with Gasteiger partial charge in [0.05, 0.1) is 24.2 Å². The van der Waals surface area contributed by atoms with Crippen molar-refractivity contribution < 1.29 is 24.2 Å². The van der Waals surface area contributed by atoms with Gasteiger partial charge in [-0.15, -0.1) is 0 Å². The number of rotatable bonds is 9. The number of carbonyl (C=O) groups excluding carboxylic acids is 2. The Balaban J connectivity index is 2.29. The van der Waals surface area contributed by atoms with Crippen molar-refractivity contribution in [2.75, 3.05) is 0 Å². The molecular formula is C28H41N3O5. The molecule has 2 rings (SSSR count). The lowest BCUT2D eigenvalue weighted by molar-refractivity contribution is 0.0323. The second-order valence-electron chi connectivity index (χ2n) is 11.0. The fraction of sp³-hybridized carbons (Fsp3) is 0.500. The molecule has 4 unspecified atom stereocenters.